The minimum absolute atomic E-state index is 0.191. The summed E-state index contributed by atoms with van der Waals surface area (Å²) in [7, 11) is 0. The molecule has 0 N–H and O–H groups in total. The Hall–Kier alpha value is -2.07. The molecule has 0 atom stereocenters. The Morgan fingerprint density at radius 2 is 1.32 bits per heavy atom. The van der Waals surface area contributed by atoms with E-state index in [0.717, 1.165) is 0 Å². The fraction of sp³-hybridized carbons (Fsp3) is 0. The molecule has 0 fully saturated rings. The monoisotopic (exact) mass is 316 g/mol. The number of Topliss-reactive ketones (excluding diaryl/α,β-unsaturated/α-hetero) is 3. The lowest BCUT2D eigenvalue weighted by Crippen LogP contribution is -2.24. The van der Waals surface area contributed by atoms with E-state index in [4.69, 9.17) is 0 Å². The van der Waals surface area contributed by atoms with E-state index in [1.54, 1.807) is 36.4 Å². The first-order valence-corrected chi connectivity index (χ1v) is 6.33. The van der Waals surface area contributed by atoms with E-state index in [0.29, 0.717) is 4.47 Å². The minimum Gasteiger partial charge on any atom is -0.285 e. The van der Waals surface area contributed by atoms with Gasteiger partial charge in [0.1, 0.15) is 0 Å². The van der Waals surface area contributed by atoms with Crippen molar-refractivity contribution >= 4 is 33.3 Å². The van der Waals surface area contributed by atoms with Gasteiger partial charge in [-0.25, -0.2) is 0 Å². The summed E-state index contributed by atoms with van der Waals surface area (Å²) in [4.78, 5) is 35.7. The molecule has 19 heavy (non-hydrogen) atoms. The second-order valence-electron chi connectivity index (χ2n) is 3.83. The average molecular weight is 317 g/mol. The molecule has 2 aromatic carbocycles. The molecule has 0 aliphatic rings. The van der Waals surface area contributed by atoms with Crippen LogP contribution in [-0.2, 0) is 4.79 Å². The summed E-state index contributed by atoms with van der Waals surface area (Å²) in [5.41, 5.74) is 0.407. The number of carbonyl (C=O) groups excluding carboxylic acids is 3. The molecule has 2 rings (SSSR count). The summed E-state index contributed by atoms with van der Waals surface area (Å²) < 4.78 is 0.495. The number of benzene rings is 2. The molecule has 3 nitrogen and oxygen atoms in total. The van der Waals surface area contributed by atoms with Crippen LogP contribution in [0.25, 0.3) is 0 Å². The van der Waals surface area contributed by atoms with Gasteiger partial charge in [-0.3, -0.25) is 14.4 Å². The van der Waals surface area contributed by atoms with Crippen LogP contribution in [0.2, 0.25) is 0 Å². The number of halogens is 1. The van der Waals surface area contributed by atoms with Gasteiger partial charge in [-0.2, -0.15) is 0 Å². The molecule has 0 aliphatic carbocycles. The molecule has 0 aromatic heterocycles. The molecule has 0 radical (unpaired) electrons. The van der Waals surface area contributed by atoms with Gasteiger partial charge in [0.15, 0.2) is 0 Å². The van der Waals surface area contributed by atoms with Crippen LogP contribution in [0.1, 0.15) is 20.7 Å². The van der Waals surface area contributed by atoms with Crippen molar-refractivity contribution in [3.63, 3.8) is 0 Å². The largest absolute Gasteiger partial charge is 0.285 e. The highest BCUT2D eigenvalue weighted by Crippen LogP contribution is 2.17. The van der Waals surface area contributed by atoms with Crippen LogP contribution >= 0.6 is 15.9 Å². The average Bonchev–Trinajstić information content (AvgIpc) is 2.46. The highest BCUT2D eigenvalue weighted by atomic mass is 79.9. The van der Waals surface area contributed by atoms with Crippen LogP contribution in [-0.4, -0.2) is 17.3 Å². The van der Waals surface area contributed by atoms with Gasteiger partial charge < -0.3 is 0 Å². The Morgan fingerprint density at radius 3 is 1.95 bits per heavy atom. The summed E-state index contributed by atoms with van der Waals surface area (Å²) in [5.74, 6) is -2.62. The molecule has 0 heterocycles. The Balaban J connectivity index is 2.28. The Labute approximate surface area is 118 Å². The molecule has 0 unspecified atom stereocenters. The summed E-state index contributed by atoms with van der Waals surface area (Å²) in [6.07, 6.45) is 0. The quantitative estimate of drug-likeness (QED) is 0.495. The van der Waals surface area contributed by atoms with E-state index in [1.165, 1.54) is 18.2 Å². The standard InChI is InChI=1S/C15H9BrO3/c16-12-9-5-4-8-11(12)14(18)15(19)13(17)10-6-2-1-3-7-10/h1-9H. The van der Waals surface area contributed by atoms with Crippen molar-refractivity contribution < 1.29 is 14.4 Å². The van der Waals surface area contributed by atoms with Gasteiger partial charge in [-0.1, -0.05) is 58.4 Å². The maximum atomic E-state index is 12.0. The maximum absolute atomic E-state index is 12.0. The molecule has 0 bridgehead atoms. The molecule has 0 saturated heterocycles. The zero-order valence-corrected chi connectivity index (χ0v) is 11.4. The van der Waals surface area contributed by atoms with Crippen molar-refractivity contribution in [3.05, 3.63) is 70.2 Å². The number of rotatable bonds is 4. The summed E-state index contributed by atoms with van der Waals surface area (Å²) in [6, 6.07) is 14.5. The lowest BCUT2D eigenvalue weighted by Gasteiger charge is -2.02. The van der Waals surface area contributed by atoms with E-state index in [1.807, 2.05) is 0 Å². The van der Waals surface area contributed by atoms with Crippen LogP contribution < -0.4 is 0 Å². The van der Waals surface area contributed by atoms with Crippen molar-refractivity contribution in [2.75, 3.05) is 0 Å². The molecule has 94 valence electrons. The molecular weight excluding hydrogens is 308 g/mol. The van der Waals surface area contributed by atoms with Crippen LogP contribution in [0.5, 0.6) is 0 Å². The van der Waals surface area contributed by atoms with Crippen molar-refractivity contribution in [1.82, 2.24) is 0 Å². The molecule has 0 saturated carbocycles. The fourth-order valence-corrected chi connectivity index (χ4v) is 2.06. The Bertz CT molecular complexity index is 647. The molecule has 0 aliphatic heterocycles. The van der Waals surface area contributed by atoms with Crippen LogP contribution in [0.15, 0.2) is 59.1 Å². The highest BCUT2D eigenvalue weighted by molar-refractivity contribution is 9.10. The van der Waals surface area contributed by atoms with Crippen LogP contribution in [0.4, 0.5) is 0 Å². The molecular formula is C15H9BrO3. The first kappa shape index (κ1) is 13.4. The fourth-order valence-electron chi connectivity index (χ4n) is 1.59. The normalized spacial score (nSPS) is 9.95. The van der Waals surface area contributed by atoms with Gasteiger partial charge in [0.05, 0.1) is 0 Å². The van der Waals surface area contributed by atoms with Crippen molar-refractivity contribution in [2.45, 2.75) is 0 Å². The summed E-state index contributed by atoms with van der Waals surface area (Å²) in [5, 5.41) is 0. The molecule has 0 spiro atoms. The third-order valence-corrected chi connectivity index (χ3v) is 3.26. The molecule has 4 heteroatoms. The van der Waals surface area contributed by atoms with Gasteiger partial charge in [-0.15, -0.1) is 0 Å². The number of ketones is 3. The third-order valence-electron chi connectivity index (χ3n) is 2.57. The van der Waals surface area contributed by atoms with E-state index in [2.05, 4.69) is 15.9 Å². The van der Waals surface area contributed by atoms with Gasteiger partial charge >= 0.3 is 0 Å². The highest BCUT2D eigenvalue weighted by Gasteiger charge is 2.26. The predicted molar refractivity (Wildman–Crippen MR) is 74.3 cm³/mol. The number of hydrogen-bond donors (Lipinski definition) is 0. The van der Waals surface area contributed by atoms with Gasteiger partial charge in [0.2, 0.25) is 11.6 Å². The van der Waals surface area contributed by atoms with Gasteiger partial charge in [0.25, 0.3) is 5.78 Å². The smallest absolute Gasteiger partial charge is 0.273 e. The zero-order valence-electron chi connectivity index (χ0n) is 9.80. The summed E-state index contributed by atoms with van der Waals surface area (Å²) >= 11 is 3.19. The second kappa shape index (κ2) is 5.71. The van der Waals surface area contributed by atoms with Crippen molar-refractivity contribution in [2.24, 2.45) is 0 Å². The lowest BCUT2D eigenvalue weighted by molar-refractivity contribution is -0.111. The maximum Gasteiger partial charge on any atom is 0.273 e. The third kappa shape index (κ3) is 2.85. The van der Waals surface area contributed by atoms with E-state index < -0.39 is 17.3 Å². The van der Waals surface area contributed by atoms with Gasteiger partial charge in [0, 0.05) is 15.6 Å². The number of carbonyl (C=O) groups is 3. The topological polar surface area (TPSA) is 51.2 Å². The Kier molecular flexibility index (Phi) is 4.02. The molecule has 2 aromatic rings. The SMILES string of the molecule is O=C(C(=O)c1ccccc1)C(=O)c1ccccc1Br. The van der Waals surface area contributed by atoms with E-state index in [-0.39, 0.29) is 11.1 Å². The van der Waals surface area contributed by atoms with E-state index in [9.17, 15) is 14.4 Å². The van der Waals surface area contributed by atoms with Crippen LogP contribution in [0, 0.1) is 0 Å². The second-order valence-corrected chi connectivity index (χ2v) is 4.69. The van der Waals surface area contributed by atoms with Gasteiger partial charge in [-0.05, 0) is 12.1 Å². The minimum atomic E-state index is -1.03. The summed E-state index contributed by atoms with van der Waals surface area (Å²) in [6.45, 7) is 0. The lowest BCUT2D eigenvalue weighted by atomic mass is 10.0. The Morgan fingerprint density at radius 1 is 0.737 bits per heavy atom. The first-order valence-electron chi connectivity index (χ1n) is 5.54. The molecule has 0 amide bonds. The zero-order chi connectivity index (χ0) is 13.8. The van der Waals surface area contributed by atoms with Crippen molar-refractivity contribution in [3.8, 4) is 0 Å². The number of hydrogen-bond acceptors (Lipinski definition) is 3. The van der Waals surface area contributed by atoms with E-state index >= 15 is 0 Å². The van der Waals surface area contributed by atoms with Crippen molar-refractivity contribution in [1.29, 1.82) is 0 Å². The van der Waals surface area contributed by atoms with Crippen LogP contribution in [0.3, 0.4) is 0 Å². The first-order chi connectivity index (χ1) is 9.11. The predicted octanol–water partition coefficient (Wildman–Crippen LogP) is 3.08.